The molecule has 0 atom stereocenters. The van der Waals surface area contributed by atoms with E-state index in [1.165, 1.54) is 30.1 Å². The number of nitriles is 1. The van der Waals surface area contributed by atoms with Crippen molar-refractivity contribution in [3.8, 4) is 17.3 Å². The maximum Gasteiger partial charge on any atom is 0.419 e. The van der Waals surface area contributed by atoms with Gasteiger partial charge in [-0.1, -0.05) is 0 Å². The number of nitrogens with two attached hydrogens (primary N) is 1. The molecule has 4 fully saturated rings. The maximum absolute atomic E-state index is 14.6. The number of thiocarbonyl (C=S) groups is 1. The quantitative estimate of drug-likeness (QED) is 0.187. The summed E-state index contributed by atoms with van der Waals surface area (Å²) in [6.45, 7) is 4.43. The Balaban J connectivity index is 0.000000188. The van der Waals surface area contributed by atoms with Gasteiger partial charge in [-0.05, 0) is 61.8 Å². The predicted molar refractivity (Wildman–Crippen MR) is 214 cm³/mol. The van der Waals surface area contributed by atoms with Gasteiger partial charge >= 0.3 is 12.4 Å². The van der Waals surface area contributed by atoms with Gasteiger partial charge in [-0.2, -0.15) is 36.6 Å². The molecule has 326 valence electrons. The first kappa shape index (κ1) is 43.8. The third-order valence-electron chi connectivity index (χ3n) is 10.7. The summed E-state index contributed by atoms with van der Waals surface area (Å²) in [4.78, 5) is 47.9. The van der Waals surface area contributed by atoms with Crippen LogP contribution < -0.4 is 30.7 Å². The van der Waals surface area contributed by atoms with E-state index in [1.54, 1.807) is 6.07 Å². The van der Waals surface area contributed by atoms with E-state index in [-0.39, 0.29) is 39.1 Å². The van der Waals surface area contributed by atoms with Crippen molar-refractivity contribution in [3.05, 3.63) is 77.0 Å². The number of morpholine rings is 2. The normalized spacial score (nSPS) is 17.7. The van der Waals surface area contributed by atoms with Crippen LogP contribution >= 0.6 is 12.2 Å². The molecule has 1 saturated carbocycles. The first-order valence-electron chi connectivity index (χ1n) is 19.0. The molecule has 4 aromatic rings. The van der Waals surface area contributed by atoms with Crippen molar-refractivity contribution in [2.24, 2.45) is 0 Å². The van der Waals surface area contributed by atoms with Crippen LogP contribution in [-0.4, -0.2) is 102 Å². The van der Waals surface area contributed by atoms with E-state index < -0.39 is 52.3 Å². The Bertz CT molecular complexity index is 2400. The summed E-state index contributed by atoms with van der Waals surface area (Å²) in [5.41, 5.74) is 1.11. The lowest BCUT2D eigenvalue weighted by Crippen LogP contribution is -2.55. The highest BCUT2D eigenvalue weighted by molar-refractivity contribution is 7.81. The fourth-order valence-corrected chi connectivity index (χ4v) is 7.85. The van der Waals surface area contributed by atoms with Crippen LogP contribution in [0.4, 0.5) is 59.7 Å². The van der Waals surface area contributed by atoms with Crippen LogP contribution in [0.15, 0.2) is 48.8 Å². The van der Waals surface area contributed by atoms with E-state index in [0.717, 1.165) is 29.4 Å². The summed E-state index contributed by atoms with van der Waals surface area (Å²) in [5, 5.41) is 11.1. The molecule has 1 aliphatic carbocycles. The molecule has 0 unspecified atom stereocenters. The maximum atomic E-state index is 14.6. The molecule has 15 nitrogen and oxygen atoms in total. The van der Waals surface area contributed by atoms with E-state index in [1.807, 2.05) is 9.80 Å². The molecule has 4 aliphatic rings. The SMILES string of the molecule is CNC(=O)c1ccc(N2C(=S)N(c3cnc(C#N)c(C(F)(F)F)c3)C(=O)C23CCC3)cc1F.Nc1cc(C(F)(F)F)c(-c2cc(N3CCOCC3)nc(N3CCOCC3)n2)cn1. The van der Waals surface area contributed by atoms with Gasteiger partial charge in [0.1, 0.15) is 29.1 Å². The van der Waals surface area contributed by atoms with Gasteiger partial charge < -0.3 is 35.2 Å². The Kier molecular flexibility index (Phi) is 12.2. The number of ether oxygens (including phenoxy) is 2. The molecule has 62 heavy (non-hydrogen) atoms. The molecule has 3 aromatic heterocycles. The second kappa shape index (κ2) is 17.3. The smallest absolute Gasteiger partial charge is 0.384 e. The topological polar surface area (TPSA) is 179 Å². The van der Waals surface area contributed by atoms with Crippen molar-refractivity contribution in [2.45, 2.75) is 37.2 Å². The number of benzene rings is 1. The van der Waals surface area contributed by atoms with Gasteiger partial charge in [-0.15, -0.1) is 0 Å². The zero-order chi connectivity index (χ0) is 44.6. The molecule has 2 amide bonds. The average molecular weight is 888 g/mol. The number of amides is 2. The first-order valence-corrected chi connectivity index (χ1v) is 19.4. The number of nitrogen functional groups attached to an aromatic ring is 1. The summed E-state index contributed by atoms with van der Waals surface area (Å²) >= 11 is 5.46. The number of alkyl halides is 6. The van der Waals surface area contributed by atoms with E-state index in [0.29, 0.717) is 89.7 Å². The highest BCUT2D eigenvalue weighted by Crippen LogP contribution is 2.48. The van der Waals surface area contributed by atoms with Crippen molar-refractivity contribution in [2.75, 3.05) is 85.0 Å². The zero-order valence-electron chi connectivity index (χ0n) is 32.7. The highest BCUT2D eigenvalue weighted by Gasteiger charge is 2.60. The van der Waals surface area contributed by atoms with Crippen LogP contribution in [0.3, 0.4) is 0 Å². The number of carbonyl (C=O) groups is 2. The number of rotatable bonds is 6. The molecular weight excluding hydrogens is 852 g/mol. The Morgan fingerprint density at radius 3 is 2.10 bits per heavy atom. The molecule has 3 aliphatic heterocycles. The number of carbonyl (C=O) groups excluding carboxylic acids is 2. The summed E-state index contributed by atoms with van der Waals surface area (Å²) in [6.07, 6.45) is -5.98. The van der Waals surface area contributed by atoms with Gasteiger partial charge in [0.05, 0.1) is 60.7 Å². The molecule has 6 heterocycles. The number of anilines is 5. The highest BCUT2D eigenvalue weighted by atomic mass is 32.1. The lowest BCUT2D eigenvalue weighted by Gasteiger charge is -2.43. The molecule has 0 radical (unpaired) electrons. The number of pyridine rings is 2. The Labute approximate surface area is 354 Å². The van der Waals surface area contributed by atoms with E-state index in [2.05, 4.69) is 25.3 Å². The lowest BCUT2D eigenvalue weighted by atomic mass is 9.75. The monoisotopic (exact) mass is 887 g/mol. The van der Waals surface area contributed by atoms with Gasteiger partial charge in [0.2, 0.25) is 5.95 Å². The molecule has 23 heteroatoms. The molecule has 1 spiro atoms. The predicted octanol–water partition coefficient (Wildman–Crippen LogP) is 5.34. The third-order valence-corrected chi connectivity index (χ3v) is 11.0. The molecule has 3 saturated heterocycles. The number of hydrogen-bond donors (Lipinski definition) is 2. The average Bonchev–Trinajstić information content (AvgIpc) is 3.49. The first-order chi connectivity index (χ1) is 29.5. The summed E-state index contributed by atoms with van der Waals surface area (Å²) in [7, 11) is 1.35. The van der Waals surface area contributed by atoms with Crippen molar-refractivity contribution >= 4 is 58.1 Å². The van der Waals surface area contributed by atoms with E-state index >= 15 is 0 Å². The standard InChI is InChI=1S/C21H15F4N5O2S.C18H21F3N6O2/c1-27-17(31)13-4-3-11(8-15(13)22)30-19(33)29(18(32)20(30)5-2-6-20)12-7-14(21(23,24)25)16(9-26)28-10-12;19-18(20,21)13-9-15(22)23-11-12(13)14-10-16(26-1-5-28-6-2-26)25-17(24-14)27-3-7-29-8-4-27/h3-4,7-8,10H,2,5-6H2,1H3,(H,27,31);9-11H,1-8H2,(H2,22,23). The van der Waals surface area contributed by atoms with Gasteiger partial charge in [0.25, 0.3) is 11.8 Å². The second-order valence-electron chi connectivity index (χ2n) is 14.3. The minimum atomic E-state index is -4.87. The minimum Gasteiger partial charge on any atom is -0.384 e. The minimum absolute atomic E-state index is 0.127. The van der Waals surface area contributed by atoms with Crippen LogP contribution in [0.2, 0.25) is 0 Å². The number of nitrogens with one attached hydrogen (secondary N) is 1. The summed E-state index contributed by atoms with van der Waals surface area (Å²) in [5.74, 6) is -1.30. The van der Waals surface area contributed by atoms with Crippen molar-refractivity contribution in [3.63, 3.8) is 0 Å². The molecule has 8 rings (SSSR count). The van der Waals surface area contributed by atoms with Gasteiger partial charge in [-0.3, -0.25) is 14.5 Å². The number of nitrogens with zero attached hydrogens (tertiary/aromatic N) is 9. The van der Waals surface area contributed by atoms with Gasteiger partial charge in [0, 0.05) is 56.7 Å². The van der Waals surface area contributed by atoms with Crippen LogP contribution in [0.1, 0.15) is 46.4 Å². The number of hydrogen-bond acceptors (Lipinski definition) is 13. The van der Waals surface area contributed by atoms with Crippen LogP contribution in [0.5, 0.6) is 0 Å². The summed E-state index contributed by atoms with van der Waals surface area (Å²) < 4.78 is 107. The molecule has 0 bridgehead atoms. The van der Waals surface area contributed by atoms with Crippen LogP contribution in [-0.2, 0) is 26.6 Å². The fraction of sp³-hybridized carbons (Fsp3) is 0.385. The third kappa shape index (κ3) is 8.49. The number of aromatic nitrogens is 4. The Morgan fingerprint density at radius 2 is 1.53 bits per heavy atom. The lowest BCUT2D eigenvalue weighted by molar-refractivity contribution is -0.138. The van der Waals surface area contributed by atoms with E-state index in [4.69, 9.17) is 32.7 Å². The van der Waals surface area contributed by atoms with Gasteiger partial charge in [0.15, 0.2) is 10.8 Å². The fourth-order valence-electron chi connectivity index (χ4n) is 7.38. The Hall–Kier alpha value is -6.25. The van der Waals surface area contributed by atoms with Crippen LogP contribution in [0, 0.1) is 17.1 Å². The van der Waals surface area contributed by atoms with Crippen molar-refractivity contribution in [1.29, 1.82) is 5.26 Å². The zero-order valence-corrected chi connectivity index (χ0v) is 33.5. The van der Waals surface area contributed by atoms with Crippen molar-refractivity contribution < 1.29 is 49.8 Å². The molecule has 3 N–H and O–H groups in total. The van der Waals surface area contributed by atoms with Gasteiger partial charge in [-0.25, -0.2) is 19.3 Å². The second-order valence-corrected chi connectivity index (χ2v) is 14.7. The van der Waals surface area contributed by atoms with Crippen LogP contribution in [0.25, 0.3) is 11.3 Å². The van der Waals surface area contributed by atoms with Crippen molar-refractivity contribution in [1.82, 2.24) is 25.3 Å². The Morgan fingerprint density at radius 1 is 0.887 bits per heavy atom. The summed E-state index contributed by atoms with van der Waals surface area (Å²) in [6, 6.07) is 8.18. The number of halogens is 7. The molecular formula is C39H36F7N11O4S. The molecule has 1 aromatic carbocycles. The van der Waals surface area contributed by atoms with E-state index in [9.17, 15) is 40.3 Å². The largest absolute Gasteiger partial charge is 0.419 e.